The zero-order chi connectivity index (χ0) is 15.8. The number of carbonyl (C=O) groups excluding carboxylic acids is 1. The molecule has 0 heterocycles. The fraction of sp³-hybridized carbons (Fsp3) is 0.833. The molecule has 118 valence electrons. The molecular weight excluding hydrogens is 248 g/mol. The second-order valence-electron chi connectivity index (χ2n) is 6.93. The molecule has 2 nitrogen and oxygen atoms in total. The minimum atomic E-state index is -0.368. The van der Waals surface area contributed by atoms with Gasteiger partial charge in [0.25, 0.3) is 0 Å². The molecule has 2 heteroatoms. The number of hydrogen-bond donors (Lipinski definition) is 0. The lowest BCUT2D eigenvalue weighted by Crippen LogP contribution is -2.23. The Morgan fingerprint density at radius 3 is 2.30 bits per heavy atom. The SMILES string of the molecule is C=C(CC)CC(C)C(CC)CCCC(=O)OC(C)(C)C. The topological polar surface area (TPSA) is 26.3 Å². The highest BCUT2D eigenvalue weighted by Gasteiger charge is 2.19. The van der Waals surface area contributed by atoms with Crippen LogP contribution >= 0.6 is 0 Å². The number of carbonyl (C=O) groups is 1. The molecule has 0 aliphatic carbocycles. The van der Waals surface area contributed by atoms with Gasteiger partial charge in [-0.25, -0.2) is 0 Å². The van der Waals surface area contributed by atoms with Gasteiger partial charge in [0, 0.05) is 6.42 Å². The second-order valence-corrected chi connectivity index (χ2v) is 6.93. The summed E-state index contributed by atoms with van der Waals surface area (Å²) in [6, 6.07) is 0. The van der Waals surface area contributed by atoms with Crippen molar-refractivity contribution in [3.05, 3.63) is 12.2 Å². The minimum Gasteiger partial charge on any atom is -0.460 e. The molecular formula is C18H34O2. The Hall–Kier alpha value is -0.790. The Balaban J connectivity index is 4.07. The molecule has 0 aromatic carbocycles. The summed E-state index contributed by atoms with van der Waals surface area (Å²) in [6.45, 7) is 16.6. The van der Waals surface area contributed by atoms with Crippen molar-refractivity contribution in [1.82, 2.24) is 0 Å². The van der Waals surface area contributed by atoms with Crippen LogP contribution in [0.4, 0.5) is 0 Å². The van der Waals surface area contributed by atoms with E-state index in [2.05, 4.69) is 27.4 Å². The molecule has 0 aliphatic rings. The lowest BCUT2D eigenvalue weighted by atomic mass is 9.83. The van der Waals surface area contributed by atoms with Crippen molar-refractivity contribution in [2.24, 2.45) is 11.8 Å². The fourth-order valence-corrected chi connectivity index (χ4v) is 2.56. The third-order valence-corrected chi connectivity index (χ3v) is 3.82. The van der Waals surface area contributed by atoms with E-state index in [1.165, 1.54) is 12.0 Å². The van der Waals surface area contributed by atoms with Gasteiger partial charge in [0.05, 0.1) is 0 Å². The molecule has 0 aromatic rings. The summed E-state index contributed by atoms with van der Waals surface area (Å²) in [6.07, 6.45) is 5.92. The lowest BCUT2D eigenvalue weighted by molar-refractivity contribution is -0.155. The van der Waals surface area contributed by atoms with Gasteiger partial charge in [-0.2, -0.15) is 0 Å². The smallest absolute Gasteiger partial charge is 0.306 e. The third kappa shape index (κ3) is 9.17. The molecule has 0 saturated heterocycles. The Morgan fingerprint density at radius 2 is 1.85 bits per heavy atom. The van der Waals surface area contributed by atoms with Crippen LogP contribution in [0.3, 0.4) is 0 Å². The van der Waals surface area contributed by atoms with Gasteiger partial charge < -0.3 is 4.74 Å². The normalized spacial score (nSPS) is 14.7. The van der Waals surface area contributed by atoms with Gasteiger partial charge in [0.1, 0.15) is 5.60 Å². The van der Waals surface area contributed by atoms with E-state index in [1.807, 2.05) is 20.8 Å². The Bertz CT molecular complexity index is 299. The summed E-state index contributed by atoms with van der Waals surface area (Å²) in [5.41, 5.74) is 0.969. The van der Waals surface area contributed by atoms with Crippen LogP contribution in [0.2, 0.25) is 0 Å². The maximum atomic E-state index is 11.7. The van der Waals surface area contributed by atoms with Gasteiger partial charge in [-0.3, -0.25) is 4.79 Å². The van der Waals surface area contributed by atoms with Gasteiger partial charge in [-0.15, -0.1) is 0 Å². The summed E-state index contributed by atoms with van der Waals surface area (Å²) in [5, 5.41) is 0. The van der Waals surface area contributed by atoms with Gasteiger partial charge in [-0.05, 0) is 58.3 Å². The molecule has 0 bridgehead atoms. The van der Waals surface area contributed by atoms with Crippen molar-refractivity contribution in [3.8, 4) is 0 Å². The molecule has 0 radical (unpaired) electrons. The molecule has 0 aliphatic heterocycles. The van der Waals surface area contributed by atoms with Gasteiger partial charge >= 0.3 is 5.97 Å². The van der Waals surface area contributed by atoms with E-state index >= 15 is 0 Å². The van der Waals surface area contributed by atoms with Gasteiger partial charge in [0.15, 0.2) is 0 Å². The fourth-order valence-electron chi connectivity index (χ4n) is 2.56. The predicted octanol–water partition coefficient (Wildman–Crippen LogP) is 5.52. The average molecular weight is 282 g/mol. The summed E-state index contributed by atoms with van der Waals surface area (Å²) >= 11 is 0. The van der Waals surface area contributed by atoms with E-state index < -0.39 is 0 Å². The van der Waals surface area contributed by atoms with E-state index in [-0.39, 0.29) is 11.6 Å². The van der Waals surface area contributed by atoms with Crippen molar-refractivity contribution in [2.75, 3.05) is 0 Å². The molecule has 0 aromatic heterocycles. The van der Waals surface area contributed by atoms with Gasteiger partial charge in [0.2, 0.25) is 0 Å². The quantitative estimate of drug-likeness (QED) is 0.411. The molecule has 0 N–H and O–H groups in total. The highest BCUT2D eigenvalue weighted by atomic mass is 16.6. The summed E-state index contributed by atoms with van der Waals surface area (Å²) in [7, 11) is 0. The number of ether oxygens (including phenoxy) is 1. The second kappa shape index (κ2) is 9.20. The van der Waals surface area contributed by atoms with E-state index in [1.54, 1.807) is 0 Å². The highest BCUT2D eigenvalue weighted by molar-refractivity contribution is 5.69. The van der Waals surface area contributed by atoms with Crippen molar-refractivity contribution >= 4 is 5.97 Å². The Labute approximate surface area is 126 Å². The number of hydrogen-bond acceptors (Lipinski definition) is 2. The maximum Gasteiger partial charge on any atom is 0.306 e. The van der Waals surface area contributed by atoms with E-state index in [0.29, 0.717) is 18.3 Å². The summed E-state index contributed by atoms with van der Waals surface area (Å²) in [5.74, 6) is 1.27. The third-order valence-electron chi connectivity index (χ3n) is 3.82. The molecule has 0 spiro atoms. The summed E-state index contributed by atoms with van der Waals surface area (Å²) < 4.78 is 5.34. The van der Waals surface area contributed by atoms with Crippen LogP contribution in [-0.2, 0) is 9.53 Å². The van der Waals surface area contributed by atoms with Crippen LogP contribution in [0.15, 0.2) is 12.2 Å². The van der Waals surface area contributed by atoms with Crippen LogP contribution in [0.5, 0.6) is 0 Å². The van der Waals surface area contributed by atoms with Crippen LogP contribution in [-0.4, -0.2) is 11.6 Å². The van der Waals surface area contributed by atoms with Crippen LogP contribution in [0.1, 0.15) is 80.1 Å². The molecule has 0 saturated carbocycles. The molecule has 20 heavy (non-hydrogen) atoms. The molecule has 2 atom stereocenters. The van der Waals surface area contributed by atoms with Gasteiger partial charge in [-0.1, -0.05) is 39.3 Å². The molecule has 0 amide bonds. The summed E-state index contributed by atoms with van der Waals surface area (Å²) in [4.78, 5) is 11.7. The maximum absolute atomic E-state index is 11.7. The monoisotopic (exact) mass is 282 g/mol. The lowest BCUT2D eigenvalue weighted by Gasteiger charge is -2.24. The highest BCUT2D eigenvalue weighted by Crippen LogP contribution is 2.27. The van der Waals surface area contributed by atoms with Crippen molar-refractivity contribution in [3.63, 3.8) is 0 Å². The zero-order valence-electron chi connectivity index (χ0n) is 14.4. The van der Waals surface area contributed by atoms with E-state index in [4.69, 9.17) is 4.74 Å². The predicted molar refractivity (Wildman–Crippen MR) is 86.7 cm³/mol. The van der Waals surface area contributed by atoms with Crippen molar-refractivity contribution in [2.45, 2.75) is 85.7 Å². The standard InChI is InChI=1S/C18H34O2/c1-8-14(3)13-15(4)16(9-2)11-10-12-17(19)20-18(5,6)7/h15-16H,3,8-13H2,1-2,4-7H3. The first kappa shape index (κ1) is 19.2. The van der Waals surface area contributed by atoms with Crippen LogP contribution in [0, 0.1) is 11.8 Å². The molecule has 0 rings (SSSR count). The average Bonchev–Trinajstić information content (AvgIpc) is 2.32. The zero-order valence-corrected chi connectivity index (χ0v) is 14.4. The van der Waals surface area contributed by atoms with E-state index in [9.17, 15) is 4.79 Å². The number of esters is 1. The van der Waals surface area contributed by atoms with Crippen molar-refractivity contribution in [1.29, 1.82) is 0 Å². The van der Waals surface area contributed by atoms with E-state index in [0.717, 1.165) is 25.7 Å². The first-order valence-corrected chi connectivity index (χ1v) is 8.08. The Kier molecular flexibility index (Phi) is 8.84. The first-order valence-electron chi connectivity index (χ1n) is 8.08. The first-order chi connectivity index (χ1) is 9.19. The van der Waals surface area contributed by atoms with Crippen molar-refractivity contribution < 1.29 is 9.53 Å². The minimum absolute atomic E-state index is 0.0713. The molecule has 2 unspecified atom stereocenters. The van der Waals surface area contributed by atoms with Crippen LogP contribution < -0.4 is 0 Å². The Morgan fingerprint density at radius 1 is 1.25 bits per heavy atom. The van der Waals surface area contributed by atoms with Crippen LogP contribution in [0.25, 0.3) is 0 Å². The number of rotatable bonds is 9. The number of allylic oxidation sites excluding steroid dienone is 1. The molecule has 0 fully saturated rings. The largest absolute Gasteiger partial charge is 0.460 e.